The molecule has 1 saturated carbocycles. The number of rotatable bonds is 3. The molecule has 0 radical (unpaired) electrons. The molecule has 0 aromatic heterocycles. The standard InChI is InChI=1S/C20H27NO/c22-20(18-10-3-1-4-11-18,19-12-5-2-6-13-19)14-9-17-21-15-7-8-16-21/h1,3-4,10-11,19,22H,2,5-8,12-13,15-17H2. The molecule has 1 aromatic rings. The lowest BCUT2D eigenvalue weighted by atomic mass is 9.73. The minimum Gasteiger partial charge on any atom is -0.373 e. The highest BCUT2D eigenvalue weighted by atomic mass is 16.3. The number of likely N-dealkylation sites (tertiary alicyclic amines) is 1. The highest BCUT2D eigenvalue weighted by molar-refractivity contribution is 5.33. The molecule has 2 heteroatoms. The summed E-state index contributed by atoms with van der Waals surface area (Å²) in [7, 11) is 0. The van der Waals surface area contributed by atoms with Crippen LogP contribution in [0.3, 0.4) is 0 Å². The Hall–Kier alpha value is -1.30. The molecular formula is C20H27NO. The smallest absolute Gasteiger partial charge is 0.153 e. The van der Waals surface area contributed by atoms with Crippen LogP contribution in [0.2, 0.25) is 0 Å². The zero-order chi connectivity index (χ0) is 15.3. The van der Waals surface area contributed by atoms with Crippen molar-refractivity contribution in [3.63, 3.8) is 0 Å². The molecule has 0 spiro atoms. The van der Waals surface area contributed by atoms with Crippen LogP contribution in [0.25, 0.3) is 0 Å². The van der Waals surface area contributed by atoms with Crippen LogP contribution in [-0.2, 0) is 5.60 Å². The van der Waals surface area contributed by atoms with Gasteiger partial charge in [0.2, 0.25) is 0 Å². The topological polar surface area (TPSA) is 23.5 Å². The van der Waals surface area contributed by atoms with Gasteiger partial charge in [-0.05, 0) is 44.3 Å². The first-order valence-electron chi connectivity index (χ1n) is 8.79. The summed E-state index contributed by atoms with van der Waals surface area (Å²) in [4.78, 5) is 2.39. The molecule has 2 fully saturated rings. The van der Waals surface area contributed by atoms with Crippen molar-refractivity contribution in [3.8, 4) is 11.8 Å². The molecule has 2 aliphatic rings. The third-order valence-electron chi connectivity index (χ3n) is 5.19. The minimum absolute atomic E-state index is 0.273. The molecule has 0 bridgehead atoms. The predicted molar refractivity (Wildman–Crippen MR) is 90.4 cm³/mol. The molecule has 1 heterocycles. The largest absolute Gasteiger partial charge is 0.373 e. The summed E-state index contributed by atoms with van der Waals surface area (Å²) in [6.07, 6.45) is 8.47. The van der Waals surface area contributed by atoms with Crippen molar-refractivity contribution >= 4 is 0 Å². The molecule has 0 amide bonds. The molecule has 1 atom stereocenters. The first-order valence-corrected chi connectivity index (χ1v) is 8.79. The second-order valence-electron chi connectivity index (χ2n) is 6.75. The van der Waals surface area contributed by atoms with Gasteiger partial charge in [-0.25, -0.2) is 0 Å². The van der Waals surface area contributed by atoms with E-state index >= 15 is 0 Å². The van der Waals surface area contributed by atoms with E-state index in [0.29, 0.717) is 0 Å². The van der Waals surface area contributed by atoms with Crippen molar-refractivity contribution in [2.45, 2.75) is 50.5 Å². The molecule has 1 aromatic carbocycles. The monoisotopic (exact) mass is 297 g/mol. The van der Waals surface area contributed by atoms with E-state index in [4.69, 9.17) is 0 Å². The Labute approximate surface area is 134 Å². The molecule has 3 rings (SSSR count). The van der Waals surface area contributed by atoms with E-state index in [9.17, 15) is 5.11 Å². The summed E-state index contributed by atoms with van der Waals surface area (Å²) in [6.45, 7) is 3.10. The van der Waals surface area contributed by atoms with Gasteiger partial charge in [-0.3, -0.25) is 4.90 Å². The Balaban J connectivity index is 1.80. The average Bonchev–Trinajstić information content (AvgIpc) is 3.10. The van der Waals surface area contributed by atoms with Crippen molar-refractivity contribution in [2.75, 3.05) is 19.6 Å². The van der Waals surface area contributed by atoms with E-state index in [2.05, 4.69) is 16.7 Å². The lowest BCUT2D eigenvalue weighted by molar-refractivity contribution is 0.0158. The van der Waals surface area contributed by atoms with E-state index in [1.165, 1.54) is 32.1 Å². The number of hydrogen-bond donors (Lipinski definition) is 1. The summed E-state index contributed by atoms with van der Waals surface area (Å²) in [5, 5.41) is 11.4. The maximum Gasteiger partial charge on any atom is 0.153 e. The van der Waals surface area contributed by atoms with Crippen LogP contribution in [0, 0.1) is 17.8 Å². The van der Waals surface area contributed by atoms with E-state index < -0.39 is 5.60 Å². The third kappa shape index (κ3) is 3.54. The van der Waals surface area contributed by atoms with Gasteiger partial charge >= 0.3 is 0 Å². The molecule has 1 N–H and O–H groups in total. The van der Waals surface area contributed by atoms with Gasteiger partial charge in [-0.15, -0.1) is 0 Å². The maximum atomic E-state index is 11.4. The normalized spacial score (nSPS) is 22.8. The maximum absolute atomic E-state index is 11.4. The molecule has 1 aliphatic carbocycles. The zero-order valence-electron chi connectivity index (χ0n) is 13.4. The highest BCUT2D eigenvalue weighted by Crippen LogP contribution is 2.38. The Morgan fingerprint density at radius 3 is 2.36 bits per heavy atom. The molecule has 22 heavy (non-hydrogen) atoms. The lowest BCUT2D eigenvalue weighted by Gasteiger charge is -2.35. The van der Waals surface area contributed by atoms with Crippen LogP contribution in [-0.4, -0.2) is 29.6 Å². The number of nitrogens with zero attached hydrogens (tertiary/aromatic N) is 1. The molecule has 118 valence electrons. The second kappa shape index (κ2) is 7.31. The fourth-order valence-electron chi connectivity index (χ4n) is 3.85. The third-order valence-corrected chi connectivity index (χ3v) is 5.19. The fourth-order valence-corrected chi connectivity index (χ4v) is 3.85. The molecule has 1 unspecified atom stereocenters. The van der Waals surface area contributed by atoms with E-state index in [1.807, 2.05) is 30.3 Å². The van der Waals surface area contributed by atoms with Gasteiger partial charge in [0.15, 0.2) is 5.60 Å². The van der Waals surface area contributed by atoms with E-state index in [0.717, 1.165) is 38.0 Å². The van der Waals surface area contributed by atoms with Crippen LogP contribution in [0.15, 0.2) is 30.3 Å². The SMILES string of the molecule is OC(C#CCN1CCCC1)(c1ccccc1)C1CCCCC1. The van der Waals surface area contributed by atoms with Gasteiger partial charge in [0.05, 0.1) is 6.54 Å². The summed E-state index contributed by atoms with van der Waals surface area (Å²) < 4.78 is 0. The summed E-state index contributed by atoms with van der Waals surface area (Å²) in [6, 6.07) is 10.1. The molecule has 1 aliphatic heterocycles. The first kappa shape index (κ1) is 15.6. The Morgan fingerprint density at radius 1 is 1.00 bits per heavy atom. The number of benzene rings is 1. The van der Waals surface area contributed by atoms with Crippen LogP contribution < -0.4 is 0 Å². The van der Waals surface area contributed by atoms with Crippen molar-refractivity contribution < 1.29 is 5.11 Å². The van der Waals surface area contributed by atoms with E-state index in [-0.39, 0.29) is 5.92 Å². The summed E-state index contributed by atoms with van der Waals surface area (Å²) in [5.41, 5.74) is -0.00248. The van der Waals surface area contributed by atoms with Gasteiger partial charge in [-0.1, -0.05) is 61.4 Å². The van der Waals surface area contributed by atoms with Gasteiger partial charge < -0.3 is 5.11 Å². The van der Waals surface area contributed by atoms with Gasteiger partial charge in [0.1, 0.15) is 0 Å². The summed E-state index contributed by atoms with van der Waals surface area (Å²) >= 11 is 0. The van der Waals surface area contributed by atoms with Crippen LogP contribution in [0.1, 0.15) is 50.5 Å². The van der Waals surface area contributed by atoms with Gasteiger partial charge in [0, 0.05) is 5.92 Å². The Bertz CT molecular complexity index is 518. The van der Waals surface area contributed by atoms with Crippen molar-refractivity contribution in [1.29, 1.82) is 0 Å². The number of aliphatic hydroxyl groups is 1. The quantitative estimate of drug-likeness (QED) is 0.862. The van der Waals surface area contributed by atoms with Gasteiger partial charge in [0.25, 0.3) is 0 Å². The van der Waals surface area contributed by atoms with Crippen LogP contribution in [0.4, 0.5) is 0 Å². The second-order valence-corrected chi connectivity index (χ2v) is 6.75. The average molecular weight is 297 g/mol. The van der Waals surface area contributed by atoms with Crippen molar-refractivity contribution in [2.24, 2.45) is 5.92 Å². The summed E-state index contributed by atoms with van der Waals surface area (Å²) in [5.74, 6) is 6.84. The number of hydrogen-bond acceptors (Lipinski definition) is 2. The Morgan fingerprint density at radius 2 is 1.68 bits per heavy atom. The first-order chi connectivity index (χ1) is 10.8. The Kier molecular flexibility index (Phi) is 5.18. The molecule has 1 saturated heterocycles. The van der Waals surface area contributed by atoms with Crippen molar-refractivity contribution in [3.05, 3.63) is 35.9 Å². The van der Waals surface area contributed by atoms with Gasteiger partial charge in [-0.2, -0.15) is 0 Å². The lowest BCUT2D eigenvalue weighted by Crippen LogP contribution is -2.35. The zero-order valence-corrected chi connectivity index (χ0v) is 13.4. The highest BCUT2D eigenvalue weighted by Gasteiger charge is 2.37. The van der Waals surface area contributed by atoms with Crippen LogP contribution in [0.5, 0.6) is 0 Å². The van der Waals surface area contributed by atoms with Crippen LogP contribution >= 0.6 is 0 Å². The minimum atomic E-state index is -0.971. The molecule has 2 nitrogen and oxygen atoms in total. The predicted octanol–water partition coefficient (Wildman–Crippen LogP) is 3.55. The molecular weight excluding hydrogens is 270 g/mol. The van der Waals surface area contributed by atoms with E-state index in [1.54, 1.807) is 0 Å². The fraction of sp³-hybridized carbons (Fsp3) is 0.600. The van der Waals surface area contributed by atoms with Crippen molar-refractivity contribution in [1.82, 2.24) is 4.90 Å².